The van der Waals surface area contributed by atoms with E-state index < -0.39 is 0 Å². The summed E-state index contributed by atoms with van der Waals surface area (Å²) in [6.07, 6.45) is 4.32. The van der Waals surface area contributed by atoms with E-state index in [0.717, 1.165) is 0 Å². The Bertz CT molecular complexity index is 513. The summed E-state index contributed by atoms with van der Waals surface area (Å²) in [6, 6.07) is 17.4. The Morgan fingerprint density at radius 1 is 0.583 bits per heavy atom. The Balaban J connectivity index is 0. The molecule has 0 amide bonds. The molecule has 0 aliphatic carbocycles. The largest absolute Gasteiger partial charge is 0.0683 e. The second-order valence-corrected chi connectivity index (χ2v) is 5.07. The fourth-order valence-electron chi connectivity index (χ4n) is 1.86. The Morgan fingerprint density at radius 3 is 1.25 bits per heavy atom. The lowest BCUT2D eigenvalue weighted by molar-refractivity contribution is 0.866. The second kappa shape index (κ2) is 16.1. The predicted molar refractivity (Wildman–Crippen MR) is 115 cm³/mol. The maximum atomic E-state index is 2.22. The maximum absolute atomic E-state index is 2.22. The lowest BCUT2D eigenvalue weighted by Gasteiger charge is -2.04. The highest BCUT2D eigenvalue weighted by molar-refractivity contribution is 5.69. The number of aryl methyl sites for hydroxylation is 1. The smallest absolute Gasteiger partial charge is 0.0219 e. The van der Waals surface area contributed by atoms with Gasteiger partial charge in [-0.1, -0.05) is 122 Å². The Morgan fingerprint density at radius 2 is 0.917 bits per heavy atom. The molecule has 0 spiro atoms. The minimum Gasteiger partial charge on any atom is -0.0683 e. The molecule has 0 radical (unpaired) electrons. The van der Waals surface area contributed by atoms with E-state index in [1.165, 1.54) is 22.3 Å². The Kier molecular flexibility index (Phi) is 16.3. The summed E-state index contributed by atoms with van der Waals surface area (Å²) in [5.74, 6) is 0.597. The lowest BCUT2D eigenvalue weighted by atomic mass is 10.0. The van der Waals surface area contributed by atoms with Crippen molar-refractivity contribution in [2.45, 2.75) is 68.2 Å². The average molecular weight is 327 g/mol. The van der Waals surface area contributed by atoms with Crippen molar-refractivity contribution >= 4 is 12.2 Å². The first-order chi connectivity index (χ1) is 11.6. The van der Waals surface area contributed by atoms with Gasteiger partial charge in [0.1, 0.15) is 0 Å². The predicted octanol–water partition coefficient (Wildman–Crippen LogP) is 8.37. The summed E-state index contributed by atoms with van der Waals surface area (Å²) in [7, 11) is 0. The molecule has 0 aromatic heterocycles. The number of hydrogen-bond donors (Lipinski definition) is 0. The second-order valence-electron chi connectivity index (χ2n) is 5.07. The first-order valence-corrected chi connectivity index (χ1v) is 9.50. The van der Waals surface area contributed by atoms with Crippen LogP contribution in [0.5, 0.6) is 0 Å². The van der Waals surface area contributed by atoms with Crippen molar-refractivity contribution < 1.29 is 0 Å². The molecular weight excluding hydrogens is 288 g/mol. The van der Waals surface area contributed by atoms with Crippen LogP contribution in [0.3, 0.4) is 0 Å². The van der Waals surface area contributed by atoms with Crippen LogP contribution >= 0.6 is 0 Å². The summed E-state index contributed by atoms with van der Waals surface area (Å²) in [5.41, 5.74) is 5.18. The van der Waals surface area contributed by atoms with Crippen LogP contribution in [0, 0.1) is 6.92 Å². The van der Waals surface area contributed by atoms with Gasteiger partial charge in [0, 0.05) is 0 Å². The van der Waals surface area contributed by atoms with E-state index in [0.29, 0.717) is 5.92 Å². The van der Waals surface area contributed by atoms with Gasteiger partial charge in [0.2, 0.25) is 0 Å². The fourth-order valence-corrected chi connectivity index (χ4v) is 1.86. The van der Waals surface area contributed by atoms with Crippen molar-refractivity contribution in [1.29, 1.82) is 0 Å². The van der Waals surface area contributed by atoms with Crippen molar-refractivity contribution in [3.8, 4) is 0 Å². The van der Waals surface area contributed by atoms with Gasteiger partial charge in [-0.15, -0.1) is 0 Å². The van der Waals surface area contributed by atoms with E-state index >= 15 is 0 Å². The zero-order valence-corrected chi connectivity index (χ0v) is 17.4. The van der Waals surface area contributed by atoms with Crippen LogP contribution in [-0.2, 0) is 0 Å². The highest BCUT2D eigenvalue weighted by Crippen LogP contribution is 2.16. The standard InChI is InChI=1S/C18H20.3C2H6/c1-14(2)18-12-10-17(11-13-18)9-8-16-6-4-15(3)5-7-16;3*1-2/h4-14H,1-3H3;3*1-2H3/b9-8+;;;. The van der Waals surface area contributed by atoms with Gasteiger partial charge in [0.25, 0.3) is 0 Å². The van der Waals surface area contributed by atoms with Gasteiger partial charge in [-0.25, -0.2) is 0 Å². The van der Waals surface area contributed by atoms with Gasteiger partial charge >= 0.3 is 0 Å². The number of hydrogen-bond acceptors (Lipinski definition) is 0. The molecule has 0 unspecified atom stereocenters. The highest BCUT2D eigenvalue weighted by Gasteiger charge is 1.97. The third-order valence-corrected chi connectivity index (χ3v) is 3.15. The maximum Gasteiger partial charge on any atom is -0.0219 e. The van der Waals surface area contributed by atoms with Gasteiger partial charge in [-0.3, -0.25) is 0 Å². The van der Waals surface area contributed by atoms with E-state index in [1.807, 2.05) is 41.5 Å². The minimum atomic E-state index is 0.597. The number of benzene rings is 2. The van der Waals surface area contributed by atoms with Crippen LogP contribution in [0.4, 0.5) is 0 Å². The summed E-state index contributed by atoms with van der Waals surface area (Å²) < 4.78 is 0. The minimum absolute atomic E-state index is 0.597. The quantitative estimate of drug-likeness (QED) is 0.497. The normalized spacial score (nSPS) is 9.25. The van der Waals surface area contributed by atoms with Crippen LogP contribution < -0.4 is 0 Å². The zero-order valence-electron chi connectivity index (χ0n) is 17.4. The fraction of sp³-hybridized carbons (Fsp3) is 0.417. The summed E-state index contributed by atoms with van der Waals surface area (Å²) >= 11 is 0. The summed E-state index contributed by atoms with van der Waals surface area (Å²) in [5, 5.41) is 0. The molecule has 0 bridgehead atoms. The van der Waals surface area contributed by atoms with Crippen LogP contribution in [0.15, 0.2) is 48.5 Å². The van der Waals surface area contributed by atoms with Crippen molar-refractivity contribution in [3.63, 3.8) is 0 Å². The van der Waals surface area contributed by atoms with Crippen LogP contribution in [0.1, 0.15) is 83.6 Å². The van der Waals surface area contributed by atoms with Crippen LogP contribution in [-0.4, -0.2) is 0 Å². The Hall–Kier alpha value is -1.82. The van der Waals surface area contributed by atoms with Gasteiger partial charge in [-0.05, 0) is 29.5 Å². The molecule has 0 heterocycles. The molecule has 0 aliphatic rings. The molecule has 0 atom stereocenters. The molecule has 0 N–H and O–H groups in total. The third kappa shape index (κ3) is 10.0. The van der Waals surface area contributed by atoms with Gasteiger partial charge in [0.15, 0.2) is 0 Å². The molecular formula is C24H38. The molecule has 24 heavy (non-hydrogen) atoms. The molecule has 2 aromatic rings. The molecule has 134 valence electrons. The van der Waals surface area contributed by atoms with E-state index in [2.05, 4.69) is 81.5 Å². The van der Waals surface area contributed by atoms with Gasteiger partial charge < -0.3 is 0 Å². The van der Waals surface area contributed by atoms with Crippen LogP contribution in [0.25, 0.3) is 12.2 Å². The summed E-state index contributed by atoms with van der Waals surface area (Å²) in [6.45, 7) is 18.5. The van der Waals surface area contributed by atoms with Crippen molar-refractivity contribution in [2.75, 3.05) is 0 Å². The highest BCUT2D eigenvalue weighted by atomic mass is 14.0. The van der Waals surface area contributed by atoms with E-state index in [9.17, 15) is 0 Å². The topological polar surface area (TPSA) is 0 Å². The Labute approximate surface area is 151 Å². The monoisotopic (exact) mass is 326 g/mol. The SMILES string of the molecule is CC.CC.CC.Cc1ccc(/C=C/c2ccc(C(C)C)cc2)cc1. The number of rotatable bonds is 3. The molecule has 2 rings (SSSR count). The molecule has 2 aromatic carbocycles. The van der Waals surface area contributed by atoms with Crippen molar-refractivity contribution in [2.24, 2.45) is 0 Å². The van der Waals surface area contributed by atoms with Gasteiger partial charge in [0.05, 0.1) is 0 Å². The average Bonchev–Trinajstić information content (AvgIpc) is 2.66. The van der Waals surface area contributed by atoms with E-state index in [-0.39, 0.29) is 0 Å². The first kappa shape index (κ1) is 24.4. The van der Waals surface area contributed by atoms with Crippen molar-refractivity contribution in [3.05, 3.63) is 70.8 Å². The molecule has 0 nitrogen and oxygen atoms in total. The molecule has 0 fully saturated rings. The molecule has 0 saturated heterocycles. The molecule has 0 saturated carbocycles. The molecule has 0 aliphatic heterocycles. The van der Waals surface area contributed by atoms with Crippen LogP contribution in [0.2, 0.25) is 0 Å². The summed E-state index contributed by atoms with van der Waals surface area (Å²) in [4.78, 5) is 0. The van der Waals surface area contributed by atoms with E-state index in [4.69, 9.17) is 0 Å². The zero-order chi connectivity index (χ0) is 19.0. The third-order valence-electron chi connectivity index (χ3n) is 3.15. The van der Waals surface area contributed by atoms with Gasteiger partial charge in [-0.2, -0.15) is 0 Å². The molecule has 0 heteroatoms. The van der Waals surface area contributed by atoms with Crippen molar-refractivity contribution in [1.82, 2.24) is 0 Å². The lowest BCUT2D eigenvalue weighted by Crippen LogP contribution is -1.85. The first-order valence-electron chi connectivity index (χ1n) is 9.50. The van der Waals surface area contributed by atoms with E-state index in [1.54, 1.807) is 0 Å².